The number of fused-ring (bicyclic) bond motifs is 3. The lowest BCUT2D eigenvalue weighted by atomic mass is 9.71. The number of pyridine rings is 1. The van der Waals surface area contributed by atoms with Crippen LogP contribution in [0.2, 0.25) is 10.0 Å². The molecule has 5 aliphatic heterocycles. The van der Waals surface area contributed by atoms with Crippen LogP contribution in [0.15, 0.2) is 73.1 Å². The molecule has 5 aliphatic rings. The number of aliphatic carboxylic acids is 1. The number of hydrazine groups is 1. The molecule has 14 heteroatoms. The van der Waals surface area contributed by atoms with Crippen molar-refractivity contribution in [2.45, 2.75) is 42.7 Å². The minimum atomic E-state index is -1.16. The Bertz CT molecular complexity index is 1780. The smallest absolute Gasteiger partial charge is 0.343 e. The number of hydrogen-bond acceptors (Lipinski definition) is 8. The van der Waals surface area contributed by atoms with Crippen LogP contribution in [0.25, 0.3) is 0 Å². The number of carboxylic acids is 1. The third-order valence-electron chi connectivity index (χ3n) is 11.3. The average Bonchev–Trinajstić information content (AvgIpc) is 3.61. The number of halogens is 2. The van der Waals surface area contributed by atoms with E-state index in [1.165, 1.54) is 5.01 Å². The summed E-state index contributed by atoms with van der Waals surface area (Å²) in [5.41, 5.74) is 1.11. The SMILES string of the molecule is O=C(O)C1N2CCN(CC2)N1C(=O)NC(=O)C1(c2ccncc2)CCN(CCC2(c3ccc(Cl)c(Cl)c3)CCN(C(=O)c3ccccc3)C2)CC1. The zero-order valence-corrected chi connectivity index (χ0v) is 29.7. The number of likely N-dealkylation sites (tertiary alicyclic amines) is 2. The van der Waals surface area contributed by atoms with Crippen LogP contribution in [0.5, 0.6) is 0 Å². The van der Waals surface area contributed by atoms with Gasteiger partial charge in [0.05, 0.1) is 15.5 Å². The molecule has 6 heterocycles. The molecule has 5 saturated heterocycles. The summed E-state index contributed by atoms with van der Waals surface area (Å²) in [5, 5.41) is 16.4. The number of hydrogen-bond donors (Lipinski definition) is 2. The van der Waals surface area contributed by atoms with Crippen LogP contribution in [0, 0.1) is 0 Å². The summed E-state index contributed by atoms with van der Waals surface area (Å²) < 4.78 is 0. The Morgan fingerprint density at radius 1 is 0.824 bits per heavy atom. The molecule has 2 bridgehead atoms. The third-order valence-corrected chi connectivity index (χ3v) is 12.0. The van der Waals surface area contributed by atoms with Crippen molar-refractivity contribution in [1.82, 2.24) is 35.0 Å². The van der Waals surface area contributed by atoms with Crippen molar-refractivity contribution in [3.05, 3.63) is 99.8 Å². The fourth-order valence-corrected chi connectivity index (χ4v) is 8.62. The number of nitrogens with zero attached hydrogens (tertiary/aromatic N) is 6. The van der Waals surface area contributed by atoms with Gasteiger partial charge in [0.25, 0.3) is 5.91 Å². The van der Waals surface area contributed by atoms with Crippen molar-refractivity contribution in [1.29, 1.82) is 0 Å². The van der Waals surface area contributed by atoms with Gasteiger partial charge in [-0.3, -0.25) is 24.8 Å². The highest BCUT2D eigenvalue weighted by molar-refractivity contribution is 6.42. The van der Waals surface area contributed by atoms with Crippen LogP contribution in [0.4, 0.5) is 4.79 Å². The minimum absolute atomic E-state index is 0.000697. The van der Waals surface area contributed by atoms with Crippen molar-refractivity contribution >= 4 is 47.0 Å². The van der Waals surface area contributed by atoms with Gasteiger partial charge in [-0.1, -0.05) is 47.5 Å². The van der Waals surface area contributed by atoms with Gasteiger partial charge in [0, 0.05) is 62.6 Å². The third kappa shape index (κ3) is 6.83. The molecule has 12 nitrogen and oxygen atoms in total. The van der Waals surface area contributed by atoms with E-state index >= 15 is 0 Å². The fourth-order valence-electron chi connectivity index (χ4n) is 8.32. The van der Waals surface area contributed by atoms with Crippen molar-refractivity contribution in [3.63, 3.8) is 0 Å². The summed E-state index contributed by atoms with van der Waals surface area (Å²) in [7, 11) is 0. The quantitative estimate of drug-likeness (QED) is 0.352. The number of benzene rings is 2. The largest absolute Gasteiger partial charge is 0.479 e. The van der Waals surface area contributed by atoms with Gasteiger partial charge >= 0.3 is 12.0 Å². The summed E-state index contributed by atoms with van der Waals surface area (Å²) in [6.45, 7) is 5.17. The first-order valence-electron chi connectivity index (χ1n) is 17.4. The van der Waals surface area contributed by atoms with Crippen LogP contribution >= 0.6 is 23.2 Å². The topological polar surface area (TPSA) is 130 Å². The zero-order valence-electron chi connectivity index (χ0n) is 28.2. The number of urea groups is 1. The normalized spacial score (nSPS) is 25.8. The number of nitrogens with one attached hydrogen (secondary N) is 1. The summed E-state index contributed by atoms with van der Waals surface area (Å²) in [6, 6.07) is 17.9. The number of piperazine rings is 1. The molecule has 4 amide bonds. The number of amides is 4. The summed E-state index contributed by atoms with van der Waals surface area (Å²) in [4.78, 5) is 63.6. The maximum absolute atomic E-state index is 14.2. The van der Waals surface area contributed by atoms with Gasteiger partial charge in [0.2, 0.25) is 12.1 Å². The maximum atomic E-state index is 14.2. The van der Waals surface area contributed by atoms with Crippen molar-refractivity contribution in [2.75, 3.05) is 58.9 Å². The van der Waals surface area contributed by atoms with E-state index in [-0.39, 0.29) is 11.3 Å². The molecule has 2 atom stereocenters. The van der Waals surface area contributed by atoms with Gasteiger partial charge < -0.3 is 14.9 Å². The highest BCUT2D eigenvalue weighted by atomic mass is 35.5. The molecule has 0 spiro atoms. The molecule has 5 fully saturated rings. The van der Waals surface area contributed by atoms with Crippen LogP contribution < -0.4 is 5.32 Å². The second kappa shape index (κ2) is 14.5. The number of carbonyl (C=O) groups excluding carboxylic acids is 3. The molecular formula is C37H41Cl2N7O5. The molecule has 2 unspecified atom stereocenters. The molecule has 1 aromatic heterocycles. The second-order valence-electron chi connectivity index (χ2n) is 14.0. The Hall–Kier alpha value is -4.07. The van der Waals surface area contributed by atoms with E-state index in [4.69, 9.17) is 23.2 Å². The lowest BCUT2D eigenvalue weighted by Crippen LogP contribution is -2.74. The van der Waals surface area contributed by atoms with Crippen molar-refractivity contribution in [2.24, 2.45) is 0 Å². The van der Waals surface area contributed by atoms with Crippen LogP contribution in [0.1, 0.15) is 47.2 Å². The highest BCUT2D eigenvalue weighted by Gasteiger charge is 2.49. The second-order valence-corrected chi connectivity index (χ2v) is 14.8. The first-order valence-corrected chi connectivity index (χ1v) is 18.1. The number of rotatable bonds is 8. The summed E-state index contributed by atoms with van der Waals surface area (Å²) >= 11 is 12.8. The van der Waals surface area contributed by atoms with Gasteiger partial charge in [-0.15, -0.1) is 0 Å². The first kappa shape index (κ1) is 35.3. The molecule has 0 aliphatic carbocycles. The van der Waals surface area contributed by atoms with Gasteiger partial charge in [0.15, 0.2) is 0 Å². The van der Waals surface area contributed by atoms with Crippen molar-refractivity contribution in [3.8, 4) is 0 Å². The van der Waals surface area contributed by atoms with E-state index in [9.17, 15) is 24.3 Å². The van der Waals surface area contributed by atoms with E-state index in [1.54, 1.807) is 22.3 Å². The van der Waals surface area contributed by atoms with Crippen LogP contribution in [-0.4, -0.2) is 124 Å². The lowest BCUT2D eigenvalue weighted by molar-refractivity contribution is -0.190. The Morgan fingerprint density at radius 3 is 2.20 bits per heavy atom. The van der Waals surface area contributed by atoms with E-state index in [2.05, 4.69) is 15.2 Å². The van der Waals surface area contributed by atoms with Gasteiger partial charge in [-0.05, 0) is 92.8 Å². The van der Waals surface area contributed by atoms with E-state index < -0.39 is 29.5 Å². The van der Waals surface area contributed by atoms with Crippen LogP contribution in [-0.2, 0) is 20.4 Å². The molecule has 0 radical (unpaired) electrons. The standard InChI is InChI=1S/C37H41Cl2N7O5/c38-29-7-6-28(24-30(29)39)36(11-19-44(25-36)32(47)26-4-2-1-3-5-26)10-16-42-17-12-37(13-18-42,27-8-14-40-15-9-27)34(50)41-35(51)46-31(33(48)49)43-20-22-45(46)23-21-43/h1-9,14-15,24,31H,10-13,16-23,25H2,(H,48,49)(H,41,50,51). The molecule has 8 rings (SSSR count). The summed E-state index contributed by atoms with van der Waals surface area (Å²) in [5.74, 6) is -1.58. The monoisotopic (exact) mass is 733 g/mol. The number of piperidine rings is 1. The van der Waals surface area contributed by atoms with Crippen LogP contribution in [0.3, 0.4) is 0 Å². The fraction of sp³-hybridized carbons (Fsp3) is 0.432. The molecule has 3 aromatic rings. The minimum Gasteiger partial charge on any atom is -0.479 e. The molecule has 0 saturated carbocycles. The lowest BCUT2D eigenvalue weighted by Gasteiger charge is -2.52. The maximum Gasteiger partial charge on any atom is 0.343 e. The average molecular weight is 735 g/mol. The predicted molar refractivity (Wildman–Crippen MR) is 191 cm³/mol. The Labute approximate surface area is 306 Å². The van der Waals surface area contributed by atoms with E-state index in [0.717, 1.165) is 30.5 Å². The first-order chi connectivity index (χ1) is 24.6. The van der Waals surface area contributed by atoms with E-state index in [0.29, 0.717) is 80.8 Å². The van der Waals surface area contributed by atoms with E-state index in [1.807, 2.05) is 65.6 Å². The molecular weight excluding hydrogens is 693 g/mol. The molecule has 268 valence electrons. The van der Waals surface area contributed by atoms with Gasteiger partial charge in [-0.2, -0.15) is 0 Å². The zero-order chi connectivity index (χ0) is 35.8. The predicted octanol–water partition coefficient (Wildman–Crippen LogP) is 4.09. The van der Waals surface area contributed by atoms with Gasteiger partial charge in [0.1, 0.15) is 0 Å². The number of imide groups is 1. The Balaban J connectivity index is 1.07. The Kier molecular flexibility index (Phi) is 10.1. The Morgan fingerprint density at radius 2 is 1.53 bits per heavy atom. The molecule has 2 aromatic carbocycles. The molecule has 2 N–H and O–H groups in total. The molecule has 51 heavy (non-hydrogen) atoms. The number of carbonyl (C=O) groups is 4. The highest BCUT2D eigenvalue weighted by Crippen LogP contribution is 2.42. The number of aromatic nitrogens is 1. The summed E-state index contributed by atoms with van der Waals surface area (Å²) in [6.07, 6.45) is 4.56. The van der Waals surface area contributed by atoms with Crippen molar-refractivity contribution < 1.29 is 24.3 Å². The van der Waals surface area contributed by atoms with Gasteiger partial charge in [-0.25, -0.2) is 19.6 Å². The number of carboxylic acid groups (broad SMARTS) is 1.